The van der Waals surface area contributed by atoms with E-state index in [0.717, 1.165) is 17.3 Å². The van der Waals surface area contributed by atoms with Gasteiger partial charge in [0, 0.05) is 17.7 Å². The van der Waals surface area contributed by atoms with Crippen LogP contribution in [-0.2, 0) is 6.54 Å². The van der Waals surface area contributed by atoms with Crippen LogP contribution in [-0.4, -0.2) is 28.3 Å². The highest BCUT2D eigenvalue weighted by Crippen LogP contribution is 2.16. The molecule has 0 aliphatic heterocycles. The van der Waals surface area contributed by atoms with Crippen molar-refractivity contribution in [2.24, 2.45) is 10.7 Å². The molecule has 0 fully saturated rings. The molecule has 0 amide bonds. The van der Waals surface area contributed by atoms with Gasteiger partial charge in [-0.3, -0.25) is 5.10 Å². The van der Waals surface area contributed by atoms with Gasteiger partial charge in [0.15, 0.2) is 11.8 Å². The number of aliphatic imine (C=N–C) groups is 1. The van der Waals surface area contributed by atoms with E-state index < -0.39 is 0 Å². The molecule has 0 unspecified atom stereocenters. The zero-order valence-corrected chi connectivity index (χ0v) is 12.4. The van der Waals surface area contributed by atoms with Crippen molar-refractivity contribution in [1.29, 1.82) is 0 Å². The third-order valence-electron chi connectivity index (χ3n) is 2.81. The average molecular weight is 288 g/mol. The number of methoxy groups -OCH3 is 1. The van der Waals surface area contributed by atoms with Crippen LogP contribution in [0.15, 0.2) is 29.3 Å². The third kappa shape index (κ3) is 4.20. The van der Waals surface area contributed by atoms with Gasteiger partial charge in [-0.25, -0.2) is 9.98 Å². The standard InChI is InChI=1S/C14H20N6O/c1-9(2)13-18-12(19-20-13)8-16-14(15)17-10-5-4-6-11(7-10)21-3/h4-7,9H,8H2,1-3H3,(H3,15,16,17)(H,18,19,20). The Morgan fingerprint density at radius 1 is 1.48 bits per heavy atom. The van der Waals surface area contributed by atoms with Gasteiger partial charge in [0.05, 0.1) is 7.11 Å². The van der Waals surface area contributed by atoms with Gasteiger partial charge in [0.2, 0.25) is 0 Å². The monoisotopic (exact) mass is 288 g/mol. The Morgan fingerprint density at radius 2 is 2.29 bits per heavy atom. The predicted molar refractivity (Wildman–Crippen MR) is 82.4 cm³/mol. The lowest BCUT2D eigenvalue weighted by atomic mass is 10.2. The molecule has 7 nitrogen and oxygen atoms in total. The number of rotatable bonds is 5. The summed E-state index contributed by atoms with van der Waals surface area (Å²) in [5.74, 6) is 2.82. The van der Waals surface area contributed by atoms with E-state index >= 15 is 0 Å². The van der Waals surface area contributed by atoms with Gasteiger partial charge in [-0.15, -0.1) is 0 Å². The first kappa shape index (κ1) is 14.8. The first-order chi connectivity index (χ1) is 10.1. The quantitative estimate of drug-likeness (QED) is 0.576. The molecule has 7 heteroatoms. The summed E-state index contributed by atoms with van der Waals surface area (Å²) in [5.41, 5.74) is 6.66. The number of nitrogens with zero attached hydrogens (tertiary/aromatic N) is 3. The van der Waals surface area contributed by atoms with Crippen molar-refractivity contribution < 1.29 is 4.74 Å². The lowest BCUT2D eigenvalue weighted by Gasteiger charge is -2.06. The number of aromatic amines is 1. The van der Waals surface area contributed by atoms with Crippen LogP contribution in [0.25, 0.3) is 0 Å². The molecule has 1 aromatic carbocycles. The first-order valence-corrected chi connectivity index (χ1v) is 6.70. The second-order valence-corrected chi connectivity index (χ2v) is 4.85. The predicted octanol–water partition coefficient (Wildman–Crippen LogP) is 1.86. The van der Waals surface area contributed by atoms with E-state index in [4.69, 9.17) is 10.5 Å². The van der Waals surface area contributed by atoms with Crippen LogP contribution in [0.1, 0.15) is 31.4 Å². The van der Waals surface area contributed by atoms with E-state index in [9.17, 15) is 0 Å². The van der Waals surface area contributed by atoms with E-state index in [1.807, 2.05) is 38.1 Å². The zero-order valence-electron chi connectivity index (χ0n) is 12.4. The van der Waals surface area contributed by atoms with Gasteiger partial charge in [-0.1, -0.05) is 19.9 Å². The Hall–Kier alpha value is -2.57. The Morgan fingerprint density at radius 3 is 2.95 bits per heavy atom. The van der Waals surface area contributed by atoms with E-state index in [1.54, 1.807) is 7.11 Å². The van der Waals surface area contributed by atoms with Crippen molar-refractivity contribution in [3.05, 3.63) is 35.9 Å². The number of hydrogen-bond donors (Lipinski definition) is 3. The number of benzene rings is 1. The number of H-pyrrole nitrogens is 1. The fourth-order valence-electron chi connectivity index (χ4n) is 1.69. The Balaban J connectivity index is 1.96. The van der Waals surface area contributed by atoms with Crippen molar-refractivity contribution in [1.82, 2.24) is 15.2 Å². The molecule has 2 aromatic rings. The number of aromatic nitrogens is 3. The molecule has 0 bridgehead atoms. The average Bonchev–Trinajstić information content (AvgIpc) is 2.94. The maximum Gasteiger partial charge on any atom is 0.193 e. The van der Waals surface area contributed by atoms with Crippen LogP contribution in [0.3, 0.4) is 0 Å². The molecular weight excluding hydrogens is 268 g/mol. The van der Waals surface area contributed by atoms with Crippen LogP contribution in [0.5, 0.6) is 5.75 Å². The van der Waals surface area contributed by atoms with Gasteiger partial charge in [-0.05, 0) is 12.1 Å². The maximum atomic E-state index is 5.85. The van der Waals surface area contributed by atoms with Crippen molar-refractivity contribution in [2.75, 3.05) is 12.4 Å². The van der Waals surface area contributed by atoms with Gasteiger partial charge >= 0.3 is 0 Å². The molecule has 0 spiro atoms. The smallest absolute Gasteiger partial charge is 0.193 e. The number of anilines is 1. The third-order valence-corrected chi connectivity index (χ3v) is 2.81. The molecule has 0 saturated carbocycles. The molecule has 0 saturated heterocycles. The Bertz CT molecular complexity index is 619. The molecule has 1 aromatic heterocycles. The van der Waals surface area contributed by atoms with Gasteiger partial charge in [-0.2, -0.15) is 5.10 Å². The Kier molecular flexibility index (Phi) is 4.76. The lowest BCUT2D eigenvalue weighted by molar-refractivity contribution is 0.415. The van der Waals surface area contributed by atoms with E-state index in [-0.39, 0.29) is 5.92 Å². The zero-order chi connectivity index (χ0) is 15.2. The number of nitrogens with two attached hydrogens (primary N) is 1. The summed E-state index contributed by atoms with van der Waals surface area (Å²) in [6, 6.07) is 7.46. The summed E-state index contributed by atoms with van der Waals surface area (Å²) in [4.78, 5) is 8.57. The first-order valence-electron chi connectivity index (χ1n) is 6.70. The second-order valence-electron chi connectivity index (χ2n) is 4.85. The minimum absolute atomic E-state index is 0.284. The molecule has 4 N–H and O–H groups in total. The highest BCUT2D eigenvalue weighted by molar-refractivity contribution is 5.92. The highest BCUT2D eigenvalue weighted by Gasteiger charge is 2.06. The lowest BCUT2D eigenvalue weighted by Crippen LogP contribution is -2.22. The van der Waals surface area contributed by atoms with Crippen molar-refractivity contribution in [3.63, 3.8) is 0 Å². The van der Waals surface area contributed by atoms with Crippen LogP contribution in [0.4, 0.5) is 5.69 Å². The summed E-state index contributed by atoms with van der Waals surface area (Å²) in [5, 5.41) is 9.97. The summed E-state index contributed by atoms with van der Waals surface area (Å²) in [6.45, 7) is 4.42. The van der Waals surface area contributed by atoms with E-state index in [1.165, 1.54) is 0 Å². The van der Waals surface area contributed by atoms with Crippen LogP contribution in [0, 0.1) is 0 Å². The summed E-state index contributed by atoms with van der Waals surface area (Å²) in [6.07, 6.45) is 0. The molecule has 112 valence electrons. The number of nitrogens with one attached hydrogen (secondary N) is 2. The largest absolute Gasteiger partial charge is 0.497 e. The molecule has 0 radical (unpaired) electrons. The molecule has 2 rings (SSSR count). The summed E-state index contributed by atoms with van der Waals surface area (Å²) >= 11 is 0. The van der Waals surface area contributed by atoms with Crippen LogP contribution < -0.4 is 15.8 Å². The van der Waals surface area contributed by atoms with Gasteiger partial charge in [0.1, 0.15) is 18.1 Å². The fraction of sp³-hybridized carbons (Fsp3) is 0.357. The molecule has 0 atom stereocenters. The molecular formula is C14H20N6O. The molecule has 0 aliphatic rings. The molecule has 1 heterocycles. The summed E-state index contributed by atoms with van der Waals surface area (Å²) < 4.78 is 5.15. The summed E-state index contributed by atoms with van der Waals surface area (Å²) in [7, 11) is 1.62. The van der Waals surface area contributed by atoms with Crippen molar-refractivity contribution in [2.45, 2.75) is 26.3 Å². The highest BCUT2D eigenvalue weighted by atomic mass is 16.5. The minimum Gasteiger partial charge on any atom is -0.497 e. The Labute approximate surface area is 123 Å². The van der Waals surface area contributed by atoms with Crippen LogP contribution in [0.2, 0.25) is 0 Å². The number of ether oxygens (including phenoxy) is 1. The van der Waals surface area contributed by atoms with Gasteiger partial charge in [0.25, 0.3) is 0 Å². The van der Waals surface area contributed by atoms with Crippen molar-refractivity contribution in [3.8, 4) is 5.75 Å². The van der Waals surface area contributed by atoms with Crippen LogP contribution >= 0.6 is 0 Å². The number of guanidine groups is 1. The van der Waals surface area contributed by atoms with Gasteiger partial charge < -0.3 is 15.8 Å². The van der Waals surface area contributed by atoms with Crippen molar-refractivity contribution >= 4 is 11.6 Å². The maximum absolute atomic E-state index is 5.85. The second kappa shape index (κ2) is 6.74. The fourth-order valence-corrected chi connectivity index (χ4v) is 1.69. The molecule has 21 heavy (non-hydrogen) atoms. The molecule has 0 aliphatic carbocycles. The minimum atomic E-state index is 0.284. The van der Waals surface area contributed by atoms with E-state index in [2.05, 4.69) is 25.5 Å². The normalized spacial score (nSPS) is 11.7. The SMILES string of the molecule is COc1cccc(NC(N)=NCc2nc(C(C)C)n[nH]2)c1. The van der Waals surface area contributed by atoms with E-state index in [0.29, 0.717) is 18.3 Å². The number of hydrogen-bond acceptors (Lipinski definition) is 4. The topological polar surface area (TPSA) is 101 Å².